The van der Waals surface area contributed by atoms with Crippen LogP contribution in [-0.2, 0) is 0 Å². The number of nitrogens with zero attached hydrogens (tertiary/aromatic N) is 1. The van der Waals surface area contributed by atoms with Crippen LogP contribution in [0.1, 0.15) is 6.42 Å². The minimum atomic E-state index is -0.0987. The van der Waals surface area contributed by atoms with E-state index in [-0.39, 0.29) is 5.56 Å². The largest absolute Gasteiger partial charge is 0.301 e. The van der Waals surface area contributed by atoms with Gasteiger partial charge in [0.25, 0.3) is 5.56 Å². The van der Waals surface area contributed by atoms with Crippen molar-refractivity contribution in [3.8, 4) is 0 Å². The molecule has 0 saturated heterocycles. The Morgan fingerprint density at radius 2 is 2.50 bits per heavy atom. The zero-order valence-corrected chi connectivity index (χ0v) is 8.20. The molecule has 0 atom stereocenters. The number of thiol groups is 1. The summed E-state index contributed by atoms with van der Waals surface area (Å²) in [5, 5.41) is 0.685. The molecule has 12 heavy (non-hydrogen) atoms. The molecule has 5 heteroatoms. The standard InChI is InChI=1S/C7H10N2OS2/c10-6-2-3-8-7(9-6)12-5-1-4-11/h2-3,11H,1,4-5H2,(H,8,9,10). The highest BCUT2D eigenvalue weighted by molar-refractivity contribution is 7.99. The van der Waals surface area contributed by atoms with E-state index in [9.17, 15) is 4.79 Å². The monoisotopic (exact) mass is 202 g/mol. The average Bonchev–Trinajstić information content (AvgIpc) is 2.05. The van der Waals surface area contributed by atoms with Crippen molar-refractivity contribution in [2.75, 3.05) is 11.5 Å². The second-order valence-electron chi connectivity index (χ2n) is 2.16. The van der Waals surface area contributed by atoms with Crippen LogP contribution in [0, 0.1) is 0 Å². The Balaban J connectivity index is 2.47. The average molecular weight is 202 g/mol. The molecule has 1 heterocycles. The van der Waals surface area contributed by atoms with Crippen molar-refractivity contribution in [1.29, 1.82) is 0 Å². The van der Waals surface area contributed by atoms with Gasteiger partial charge in [-0.25, -0.2) is 4.98 Å². The van der Waals surface area contributed by atoms with Gasteiger partial charge in [0.15, 0.2) is 5.16 Å². The zero-order chi connectivity index (χ0) is 8.81. The minimum Gasteiger partial charge on any atom is -0.301 e. The molecule has 66 valence electrons. The lowest BCUT2D eigenvalue weighted by Crippen LogP contribution is -2.05. The minimum absolute atomic E-state index is 0.0987. The summed E-state index contributed by atoms with van der Waals surface area (Å²) >= 11 is 5.63. The predicted octanol–water partition coefficient (Wildman–Crippen LogP) is 1.18. The van der Waals surface area contributed by atoms with Crippen molar-refractivity contribution in [2.45, 2.75) is 11.6 Å². The molecule has 0 bridgehead atoms. The molecular formula is C7H10N2OS2. The van der Waals surface area contributed by atoms with Crippen molar-refractivity contribution in [1.82, 2.24) is 9.97 Å². The third-order valence-electron chi connectivity index (χ3n) is 1.19. The maximum atomic E-state index is 10.8. The molecule has 0 aromatic carbocycles. The third kappa shape index (κ3) is 3.32. The molecule has 0 aliphatic carbocycles. The number of hydrogen-bond acceptors (Lipinski definition) is 4. The molecule has 0 spiro atoms. The molecular weight excluding hydrogens is 192 g/mol. The SMILES string of the molecule is O=c1ccnc(SCCCS)[nH]1. The van der Waals surface area contributed by atoms with Crippen LogP contribution in [-0.4, -0.2) is 21.5 Å². The van der Waals surface area contributed by atoms with Crippen LogP contribution in [0.5, 0.6) is 0 Å². The first-order chi connectivity index (χ1) is 5.83. The summed E-state index contributed by atoms with van der Waals surface area (Å²) < 4.78 is 0. The first kappa shape index (κ1) is 9.67. The van der Waals surface area contributed by atoms with Crippen LogP contribution < -0.4 is 5.56 Å². The van der Waals surface area contributed by atoms with E-state index in [0.717, 1.165) is 17.9 Å². The fraction of sp³-hybridized carbons (Fsp3) is 0.429. The van der Waals surface area contributed by atoms with Gasteiger partial charge < -0.3 is 4.98 Å². The van der Waals surface area contributed by atoms with Gasteiger partial charge in [-0.1, -0.05) is 11.8 Å². The molecule has 0 amide bonds. The van der Waals surface area contributed by atoms with Crippen molar-refractivity contribution >= 4 is 24.4 Å². The fourth-order valence-electron chi connectivity index (χ4n) is 0.659. The second-order valence-corrected chi connectivity index (χ2v) is 3.70. The van der Waals surface area contributed by atoms with E-state index < -0.39 is 0 Å². The van der Waals surface area contributed by atoms with E-state index in [1.54, 1.807) is 11.8 Å². The van der Waals surface area contributed by atoms with Crippen LogP contribution in [0.3, 0.4) is 0 Å². The Morgan fingerprint density at radius 1 is 1.67 bits per heavy atom. The van der Waals surface area contributed by atoms with Gasteiger partial charge >= 0.3 is 0 Å². The van der Waals surface area contributed by atoms with E-state index in [1.807, 2.05) is 0 Å². The highest BCUT2D eigenvalue weighted by atomic mass is 32.2. The molecule has 3 nitrogen and oxygen atoms in total. The van der Waals surface area contributed by atoms with Crippen LogP contribution in [0.25, 0.3) is 0 Å². The highest BCUT2D eigenvalue weighted by Crippen LogP contribution is 2.10. The highest BCUT2D eigenvalue weighted by Gasteiger charge is 1.94. The topological polar surface area (TPSA) is 45.8 Å². The van der Waals surface area contributed by atoms with E-state index in [0.29, 0.717) is 5.16 Å². The molecule has 0 fully saturated rings. The van der Waals surface area contributed by atoms with Crippen LogP contribution in [0.2, 0.25) is 0 Å². The molecule has 1 aromatic heterocycles. The van der Waals surface area contributed by atoms with Gasteiger partial charge in [-0.2, -0.15) is 12.6 Å². The summed E-state index contributed by atoms with van der Waals surface area (Å²) in [4.78, 5) is 17.4. The van der Waals surface area contributed by atoms with Gasteiger partial charge in [0.2, 0.25) is 0 Å². The van der Waals surface area contributed by atoms with Gasteiger partial charge in [0.1, 0.15) is 0 Å². The Morgan fingerprint density at radius 3 is 3.17 bits per heavy atom. The number of nitrogens with one attached hydrogen (secondary N) is 1. The Bertz CT molecular complexity index is 287. The van der Waals surface area contributed by atoms with E-state index in [4.69, 9.17) is 0 Å². The summed E-state index contributed by atoms with van der Waals surface area (Å²) in [5.41, 5.74) is -0.0987. The number of H-pyrrole nitrogens is 1. The molecule has 0 radical (unpaired) electrons. The first-order valence-corrected chi connectivity index (χ1v) is 5.24. The maximum Gasteiger partial charge on any atom is 0.251 e. The van der Waals surface area contributed by atoms with E-state index >= 15 is 0 Å². The maximum absolute atomic E-state index is 10.8. The quantitative estimate of drug-likeness (QED) is 0.333. The predicted molar refractivity (Wildman–Crippen MR) is 54.1 cm³/mol. The zero-order valence-electron chi connectivity index (χ0n) is 6.49. The van der Waals surface area contributed by atoms with Crippen molar-refractivity contribution in [3.05, 3.63) is 22.6 Å². The number of rotatable bonds is 4. The smallest absolute Gasteiger partial charge is 0.251 e. The van der Waals surface area contributed by atoms with Gasteiger partial charge in [0, 0.05) is 18.0 Å². The molecule has 0 aliphatic heterocycles. The second kappa shape index (κ2) is 5.27. The molecule has 1 N–H and O–H groups in total. The first-order valence-electron chi connectivity index (χ1n) is 3.62. The van der Waals surface area contributed by atoms with E-state index in [2.05, 4.69) is 22.6 Å². The van der Waals surface area contributed by atoms with Gasteiger partial charge in [-0.05, 0) is 12.2 Å². The summed E-state index contributed by atoms with van der Waals surface area (Å²) in [6.45, 7) is 0. The molecule has 1 rings (SSSR count). The van der Waals surface area contributed by atoms with Gasteiger partial charge in [-0.3, -0.25) is 4.79 Å². The number of thioether (sulfide) groups is 1. The Hall–Kier alpha value is -0.420. The van der Waals surface area contributed by atoms with Crippen LogP contribution >= 0.6 is 24.4 Å². The van der Waals surface area contributed by atoms with Gasteiger partial charge in [-0.15, -0.1) is 0 Å². The normalized spacial score (nSPS) is 10.1. The van der Waals surface area contributed by atoms with Crippen molar-refractivity contribution in [3.63, 3.8) is 0 Å². The Kier molecular flexibility index (Phi) is 4.24. The number of aromatic amines is 1. The van der Waals surface area contributed by atoms with Crippen LogP contribution in [0.15, 0.2) is 22.2 Å². The summed E-state index contributed by atoms with van der Waals surface area (Å²) in [6, 6.07) is 1.41. The number of aromatic nitrogens is 2. The lowest BCUT2D eigenvalue weighted by molar-refractivity contribution is 0.933. The van der Waals surface area contributed by atoms with Gasteiger partial charge in [0.05, 0.1) is 0 Å². The molecule has 0 aliphatic rings. The summed E-state index contributed by atoms with van der Waals surface area (Å²) in [5.74, 6) is 1.81. The molecule has 1 aromatic rings. The van der Waals surface area contributed by atoms with Crippen molar-refractivity contribution in [2.24, 2.45) is 0 Å². The fourth-order valence-corrected chi connectivity index (χ4v) is 1.82. The lowest BCUT2D eigenvalue weighted by atomic mass is 10.6. The van der Waals surface area contributed by atoms with Crippen molar-refractivity contribution < 1.29 is 0 Å². The molecule has 0 unspecified atom stereocenters. The Labute approximate surface area is 80.4 Å². The molecule has 0 saturated carbocycles. The van der Waals surface area contributed by atoms with E-state index in [1.165, 1.54) is 12.3 Å². The van der Waals surface area contributed by atoms with Crippen LogP contribution in [0.4, 0.5) is 0 Å². The number of hydrogen-bond donors (Lipinski definition) is 2. The lowest BCUT2D eigenvalue weighted by Gasteiger charge is -1.96. The summed E-state index contributed by atoms with van der Waals surface area (Å²) in [6.07, 6.45) is 2.54. The summed E-state index contributed by atoms with van der Waals surface area (Å²) in [7, 11) is 0. The third-order valence-corrected chi connectivity index (χ3v) is 2.48.